The summed E-state index contributed by atoms with van der Waals surface area (Å²) in [4.78, 5) is 18.7. The van der Waals surface area contributed by atoms with Gasteiger partial charge in [-0.15, -0.1) is 11.3 Å². The van der Waals surface area contributed by atoms with Crippen molar-refractivity contribution in [3.63, 3.8) is 0 Å². The minimum atomic E-state index is -0.0635. The molecule has 0 atom stereocenters. The number of rotatable bonds is 3. The third kappa shape index (κ3) is 2.62. The molecule has 4 heteroatoms. The van der Waals surface area contributed by atoms with Crippen LogP contribution in [0.25, 0.3) is 0 Å². The summed E-state index contributed by atoms with van der Waals surface area (Å²) >= 11 is 1.64. The van der Waals surface area contributed by atoms with Crippen molar-refractivity contribution in [2.75, 3.05) is 5.32 Å². The van der Waals surface area contributed by atoms with Crippen LogP contribution in [-0.2, 0) is 5.41 Å². The Bertz CT molecular complexity index is 775. The molecule has 1 N–H and O–H groups in total. The van der Waals surface area contributed by atoms with Crippen molar-refractivity contribution in [2.24, 2.45) is 17.8 Å². The predicted molar refractivity (Wildman–Crippen MR) is 101 cm³/mol. The third-order valence-electron chi connectivity index (χ3n) is 6.59. The molecule has 2 aromatic rings. The fourth-order valence-corrected chi connectivity index (χ4v) is 7.03. The summed E-state index contributed by atoms with van der Waals surface area (Å²) in [6.07, 6.45) is 8.28. The molecule has 4 aliphatic rings. The lowest BCUT2D eigenvalue weighted by molar-refractivity contribution is -0.00715. The van der Waals surface area contributed by atoms with Crippen molar-refractivity contribution in [3.05, 3.63) is 46.5 Å². The topological polar surface area (TPSA) is 42.0 Å². The summed E-state index contributed by atoms with van der Waals surface area (Å²) in [6, 6.07) is 9.40. The minimum Gasteiger partial charge on any atom is -0.298 e. The normalized spacial score (nSPS) is 32.8. The van der Waals surface area contributed by atoms with Crippen LogP contribution in [0.2, 0.25) is 0 Å². The first kappa shape index (κ1) is 15.6. The molecule has 130 valence electrons. The van der Waals surface area contributed by atoms with Crippen LogP contribution in [0.4, 0.5) is 5.13 Å². The molecule has 4 aliphatic carbocycles. The van der Waals surface area contributed by atoms with E-state index in [0.717, 1.165) is 22.9 Å². The monoisotopic (exact) mass is 352 g/mol. The molecule has 0 saturated heterocycles. The Kier molecular flexibility index (Phi) is 3.53. The molecule has 6 rings (SSSR count). The minimum absolute atomic E-state index is 0.0635. The van der Waals surface area contributed by atoms with Crippen LogP contribution in [0.15, 0.2) is 30.3 Å². The van der Waals surface area contributed by atoms with Gasteiger partial charge in [0.2, 0.25) is 0 Å². The summed E-state index contributed by atoms with van der Waals surface area (Å²) < 4.78 is 0. The SMILES string of the molecule is Cc1sc(NC(=O)c2ccccc2)nc1C12CC3CC(CC(C3)C1)C2. The molecule has 0 aliphatic heterocycles. The number of thiazole rings is 1. The van der Waals surface area contributed by atoms with Gasteiger partial charge in [0, 0.05) is 15.9 Å². The average Bonchev–Trinajstić information content (AvgIpc) is 2.95. The number of nitrogens with one attached hydrogen (secondary N) is 1. The standard InChI is InChI=1S/C21H24N2OS/c1-13-18(21-10-14-7-15(11-21)9-16(8-14)12-21)22-20(25-13)23-19(24)17-5-3-2-4-6-17/h2-6,14-16H,7-12H2,1H3,(H,22,23,24). The number of hydrogen-bond donors (Lipinski definition) is 1. The van der Waals surface area contributed by atoms with Gasteiger partial charge in [-0.1, -0.05) is 18.2 Å². The maximum Gasteiger partial charge on any atom is 0.257 e. The highest BCUT2D eigenvalue weighted by molar-refractivity contribution is 7.15. The summed E-state index contributed by atoms with van der Waals surface area (Å²) in [7, 11) is 0. The predicted octanol–water partition coefficient (Wildman–Crippen LogP) is 5.17. The number of benzene rings is 1. The molecule has 0 radical (unpaired) electrons. The van der Waals surface area contributed by atoms with Crippen LogP contribution in [0.1, 0.15) is 59.5 Å². The second-order valence-corrected chi connectivity index (χ2v) is 9.65. The number of amides is 1. The van der Waals surface area contributed by atoms with Gasteiger partial charge in [0.05, 0.1) is 5.69 Å². The van der Waals surface area contributed by atoms with E-state index in [1.54, 1.807) is 11.3 Å². The van der Waals surface area contributed by atoms with Crippen molar-refractivity contribution in [1.82, 2.24) is 4.98 Å². The second-order valence-electron chi connectivity index (χ2n) is 8.44. The van der Waals surface area contributed by atoms with Crippen LogP contribution in [-0.4, -0.2) is 10.9 Å². The number of carbonyl (C=O) groups excluding carboxylic acids is 1. The number of nitrogens with zero attached hydrogens (tertiary/aromatic N) is 1. The van der Waals surface area contributed by atoms with Gasteiger partial charge in [-0.25, -0.2) is 4.98 Å². The van der Waals surface area contributed by atoms with E-state index in [9.17, 15) is 4.79 Å². The first-order chi connectivity index (χ1) is 12.1. The average molecular weight is 353 g/mol. The Morgan fingerprint density at radius 1 is 1.08 bits per heavy atom. The van der Waals surface area contributed by atoms with E-state index in [-0.39, 0.29) is 5.91 Å². The highest BCUT2D eigenvalue weighted by Gasteiger charge is 2.53. The Hall–Kier alpha value is -1.68. The molecule has 4 saturated carbocycles. The van der Waals surface area contributed by atoms with Gasteiger partial charge in [-0.05, 0) is 75.3 Å². The summed E-state index contributed by atoms with van der Waals surface area (Å²) in [5.41, 5.74) is 2.28. The van der Waals surface area contributed by atoms with E-state index in [2.05, 4.69) is 12.2 Å². The second kappa shape index (κ2) is 5.66. The maximum atomic E-state index is 12.4. The van der Waals surface area contributed by atoms with Crippen molar-refractivity contribution in [2.45, 2.75) is 50.9 Å². The van der Waals surface area contributed by atoms with Crippen LogP contribution < -0.4 is 5.32 Å². The fraction of sp³-hybridized carbons (Fsp3) is 0.524. The largest absolute Gasteiger partial charge is 0.298 e. The molecular weight excluding hydrogens is 328 g/mol. The lowest BCUT2D eigenvalue weighted by Crippen LogP contribution is -2.49. The summed E-state index contributed by atoms with van der Waals surface area (Å²) in [6.45, 7) is 2.18. The quantitative estimate of drug-likeness (QED) is 0.828. The number of anilines is 1. The maximum absolute atomic E-state index is 12.4. The zero-order valence-electron chi connectivity index (χ0n) is 14.6. The van der Waals surface area contributed by atoms with Crippen LogP contribution in [0, 0.1) is 24.7 Å². The molecule has 0 spiro atoms. The summed E-state index contributed by atoms with van der Waals surface area (Å²) in [5.74, 6) is 2.67. The highest BCUT2D eigenvalue weighted by Crippen LogP contribution is 2.61. The van der Waals surface area contributed by atoms with E-state index in [4.69, 9.17) is 4.98 Å². The van der Waals surface area contributed by atoms with E-state index >= 15 is 0 Å². The molecule has 4 bridgehead atoms. The molecule has 25 heavy (non-hydrogen) atoms. The number of aromatic nitrogens is 1. The number of aryl methyl sites for hydroxylation is 1. The smallest absolute Gasteiger partial charge is 0.257 e. The lowest BCUT2D eigenvalue weighted by Gasteiger charge is -2.56. The fourth-order valence-electron chi connectivity index (χ4n) is 6.10. The molecular formula is C21H24N2OS. The van der Waals surface area contributed by atoms with Gasteiger partial charge in [-0.2, -0.15) is 0 Å². The zero-order chi connectivity index (χ0) is 17.0. The van der Waals surface area contributed by atoms with Crippen molar-refractivity contribution >= 4 is 22.4 Å². The van der Waals surface area contributed by atoms with E-state index < -0.39 is 0 Å². The molecule has 1 amide bonds. The van der Waals surface area contributed by atoms with Gasteiger partial charge in [0.25, 0.3) is 5.91 Å². The molecule has 3 nitrogen and oxygen atoms in total. The van der Waals surface area contributed by atoms with Crippen molar-refractivity contribution in [3.8, 4) is 0 Å². The van der Waals surface area contributed by atoms with Gasteiger partial charge < -0.3 is 0 Å². The first-order valence-corrected chi connectivity index (χ1v) is 10.3. The Morgan fingerprint density at radius 3 is 2.28 bits per heavy atom. The first-order valence-electron chi connectivity index (χ1n) is 9.46. The summed E-state index contributed by atoms with van der Waals surface area (Å²) in [5, 5.41) is 3.78. The number of hydrogen-bond acceptors (Lipinski definition) is 3. The van der Waals surface area contributed by atoms with Gasteiger partial charge in [0.1, 0.15) is 0 Å². The van der Waals surface area contributed by atoms with E-state index in [1.165, 1.54) is 49.1 Å². The Labute approximate surface area is 152 Å². The van der Waals surface area contributed by atoms with Crippen molar-refractivity contribution in [1.29, 1.82) is 0 Å². The zero-order valence-corrected chi connectivity index (χ0v) is 15.4. The van der Waals surface area contributed by atoms with Crippen LogP contribution >= 0.6 is 11.3 Å². The molecule has 1 aromatic carbocycles. The van der Waals surface area contributed by atoms with Gasteiger partial charge >= 0.3 is 0 Å². The Balaban J connectivity index is 1.42. The molecule has 4 fully saturated rings. The van der Waals surface area contributed by atoms with Gasteiger partial charge in [0.15, 0.2) is 5.13 Å². The van der Waals surface area contributed by atoms with Crippen LogP contribution in [0.5, 0.6) is 0 Å². The van der Waals surface area contributed by atoms with Crippen LogP contribution in [0.3, 0.4) is 0 Å². The molecule has 1 heterocycles. The molecule has 1 aromatic heterocycles. The van der Waals surface area contributed by atoms with Crippen molar-refractivity contribution < 1.29 is 4.79 Å². The van der Waals surface area contributed by atoms with E-state index in [1.807, 2.05) is 30.3 Å². The lowest BCUT2D eigenvalue weighted by atomic mass is 9.48. The number of carbonyl (C=O) groups is 1. The molecule has 0 unspecified atom stereocenters. The third-order valence-corrected chi connectivity index (χ3v) is 7.48. The van der Waals surface area contributed by atoms with Gasteiger partial charge in [-0.3, -0.25) is 10.1 Å². The Morgan fingerprint density at radius 2 is 1.68 bits per heavy atom. The van der Waals surface area contributed by atoms with E-state index in [0.29, 0.717) is 11.0 Å². The highest BCUT2D eigenvalue weighted by atomic mass is 32.1.